The van der Waals surface area contributed by atoms with Gasteiger partial charge in [0.2, 0.25) is 0 Å². The van der Waals surface area contributed by atoms with Crippen molar-refractivity contribution in [2.24, 2.45) is 7.05 Å². The first-order valence-electron chi connectivity index (χ1n) is 6.52. The number of imidazole rings is 1. The molecule has 1 aromatic rings. The molecule has 96 valence electrons. The molecule has 0 bridgehead atoms. The lowest BCUT2D eigenvalue weighted by Gasteiger charge is -2.41. The molecule has 1 atom stereocenters. The van der Waals surface area contributed by atoms with Crippen molar-refractivity contribution >= 4 is 0 Å². The van der Waals surface area contributed by atoms with E-state index in [4.69, 9.17) is 0 Å². The first kappa shape index (κ1) is 12.6. The van der Waals surface area contributed by atoms with Gasteiger partial charge in [-0.1, -0.05) is 0 Å². The second-order valence-corrected chi connectivity index (χ2v) is 5.36. The molecule has 1 aliphatic heterocycles. The lowest BCUT2D eigenvalue weighted by Crippen LogP contribution is -2.53. The molecule has 4 nitrogen and oxygen atoms in total. The minimum atomic E-state index is 0.614. The monoisotopic (exact) mass is 236 g/mol. The van der Waals surface area contributed by atoms with Crippen LogP contribution < -0.4 is 0 Å². The number of nitrogens with zero attached hydrogens (tertiary/aromatic N) is 4. The fourth-order valence-electron chi connectivity index (χ4n) is 2.46. The van der Waals surface area contributed by atoms with Crippen molar-refractivity contribution in [1.82, 2.24) is 19.4 Å². The Kier molecular flexibility index (Phi) is 3.84. The van der Waals surface area contributed by atoms with Crippen LogP contribution in [0.4, 0.5) is 0 Å². The SMILES string of the molecule is CC(C)N1CCN(Cc2nccn2C)[C@H](C)C1. The summed E-state index contributed by atoms with van der Waals surface area (Å²) in [6.07, 6.45) is 3.90. The van der Waals surface area contributed by atoms with Gasteiger partial charge < -0.3 is 4.57 Å². The van der Waals surface area contributed by atoms with Crippen LogP contribution in [-0.2, 0) is 13.6 Å². The first-order chi connectivity index (χ1) is 8.08. The summed E-state index contributed by atoms with van der Waals surface area (Å²) in [5, 5.41) is 0. The van der Waals surface area contributed by atoms with Gasteiger partial charge in [-0.3, -0.25) is 9.80 Å². The van der Waals surface area contributed by atoms with E-state index in [2.05, 4.69) is 47.2 Å². The van der Waals surface area contributed by atoms with E-state index in [9.17, 15) is 0 Å². The van der Waals surface area contributed by atoms with Crippen molar-refractivity contribution in [3.05, 3.63) is 18.2 Å². The van der Waals surface area contributed by atoms with Crippen LogP contribution in [0, 0.1) is 0 Å². The molecule has 0 radical (unpaired) electrons. The van der Waals surface area contributed by atoms with Crippen molar-refractivity contribution in [3.63, 3.8) is 0 Å². The average molecular weight is 236 g/mol. The van der Waals surface area contributed by atoms with Gasteiger partial charge in [0.05, 0.1) is 6.54 Å². The van der Waals surface area contributed by atoms with Gasteiger partial charge in [-0.25, -0.2) is 4.98 Å². The molecule has 0 amide bonds. The number of aryl methyl sites for hydroxylation is 1. The van der Waals surface area contributed by atoms with Crippen molar-refractivity contribution in [3.8, 4) is 0 Å². The molecule has 2 rings (SSSR count). The van der Waals surface area contributed by atoms with Gasteiger partial charge in [0, 0.05) is 51.2 Å². The predicted molar refractivity (Wildman–Crippen MR) is 69.8 cm³/mol. The van der Waals surface area contributed by atoms with E-state index in [-0.39, 0.29) is 0 Å². The molecule has 0 aliphatic carbocycles. The van der Waals surface area contributed by atoms with Gasteiger partial charge in [0.25, 0.3) is 0 Å². The Balaban J connectivity index is 1.94. The summed E-state index contributed by atoms with van der Waals surface area (Å²) in [7, 11) is 2.07. The van der Waals surface area contributed by atoms with Gasteiger partial charge in [-0.2, -0.15) is 0 Å². The lowest BCUT2D eigenvalue weighted by molar-refractivity contribution is 0.0575. The third-order valence-electron chi connectivity index (χ3n) is 3.79. The summed E-state index contributed by atoms with van der Waals surface area (Å²) in [5.74, 6) is 1.16. The summed E-state index contributed by atoms with van der Waals surface area (Å²) < 4.78 is 2.11. The molecule has 4 heteroatoms. The molecule has 0 unspecified atom stereocenters. The zero-order valence-corrected chi connectivity index (χ0v) is 11.4. The lowest BCUT2D eigenvalue weighted by atomic mass is 10.1. The van der Waals surface area contributed by atoms with E-state index < -0.39 is 0 Å². The van der Waals surface area contributed by atoms with Crippen molar-refractivity contribution in [1.29, 1.82) is 0 Å². The fraction of sp³-hybridized carbons (Fsp3) is 0.769. The van der Waals surface area contributed by atoms with Crippen LogP contribution in [-0.4, -0.2) is 51.1 Å². The number of hydrogen-bond donors (Lipinski definition) is 0. The van der Waals surface area contributed by atoms with E-state index in [1.54, 1.807) is 0 Å². The Morgan fingerprint density at radius 2 is 2.18 bits per heavy atom. The molecule has 0 N–H and O–H groups in total. The van der Waals surface area contributed by atoms with Crippen LogP contribution in [0.3, 0.4) is 0 Å². The highest BCUT2D eigenvalue weighted by atomic mass is 15.3. The molecule has 0 saturated carbocycles. The largest absolute Gasteiger partial charge is 0.337 e. The van der Waals surface area contributed by atoms with E-state index >= 15 is 0 Å². The molecule has 1 fully saturated rings. The molecule has 1 saturated heterocycles. The highest BCUT2D eigenvalue weighted by Gasteiger charge is 2.25. The fourth-order valence-corrected chi connectivity index (χ4v) is 2.46. The van der Waals surface area contributed by atoms with Crippen molar-refractivity contribution < 1.29 is 0 Å². The van der Waals surface area contributed by atoms with Gasteiger partial charge in [0.1, 0.15) is 5.82 Å². The number of rotatable bonds is 3. The highest BCUT2D eigenvalue weighted by Crippen LogP contribution is 2.14. The van der Waals surface area contributed by atoms with Crippen LogP contribution in [0.1, 0.15) is 26.6 Å². The summed E-state index contributed by atoms with van der Waals surface area (Å²) >= 11 is 0. The van der Waals surface area contributed by atoms with Crippen molar-refractivity contribution in [2.45, 2.75) is 39.4 Å². The Hall–Kier alpha value is -0.870. The average Bonchev–Trinajstić information content (AvgIpc) is 2.67. The normalized spacial score (nSPS) is 23.5. The van der Waals surface area contributed by atoms with Crippen LogP contribution in [0.2, 0.25) is 0 Å². The summed E-state index contributed by atoms with van der Waals surface area (Å²) in [4.78, 5) is 9.49. The maximum absolute atomic E-state index is 4.41. The third-order valence-corrected chi connectivity index (χ3v) is 3.79. The topological polar surface area (TPSA) is 24.3 Å². The Morgan fingerprint density at radius 1 is 1.41 bits per heavy atom. The summed E-state index contributed by atoms with van der Waals surface area (Å²) in [6.45, 7) is 11.3. The van der Waals surface area contributed by atoms with Gasteiger partial charge in [-0.05, 0) is 20.8 Å². The van der Waals surface area contributed by atoms with Crippen LogP contribution in [0.25, 0.3) is 0 Å². The molecular weight excluding hydrogens is 212 g/mol. The summed E-state index contributed by atoms with van der Waals surface area (Å²) in [5.41, 5.74) is 0. The Morgan fingerprint density at radius 3 is 2.71 bits per heavy atom. The number of aromatic nitrogens is 2. The van der Waals surface area contributed by atoms with Crippen molar-refractivity contribution in [2.75, 3.05) is 19.6 Å². The zero-order chi connectivity index (χ0) is 12.4. The first-order valence-corrected chi connectivity index (χ1v) is 6.52. The van der Waals surface area contributed by atoms with E-state index in [1.165, 1.54) is 13.1 Å². The van der Waals surface area contributed by atoms with Crippen LogP contribution in [0.15, 0.2) is 12.4 Å². The predicted octanol–water partition coefficient (Wildman–Crippen LogP) is 1.33. The molecule has 1 aliphatic rings. The van der Waals surface area contributed by atoms with E-state index in [0.717, 1.165) is 18.9 Å². The Bertz CT molecular complexity index is 358. The maximum Gasteiger partial charge on any atom is 0.122 e. The van der Waals surface area contributed by atoms with Gasteiger partial charge in [0.15, 0.2) is 0 Å². The standard InChI is InChI=1S/C13H24N4/c1-11(2)16-7-8-17(12(3)9-16)10-13-14-5-6-15(13)4/h5-6,11-12H,7-10H2,1-4H3/t12-/m1/s1. The Labute approximate surface area is 104 Å². The molecule has 0 aromatic carbocycles. The number of hydrogen-bond acceptors (Lipinski definition) is 3. The third kappa shape index (κ3) is 2.87. The highest BCUT2D eigenvalue weighted by molar-refractivity contribution is 4.93. The molecule has 2 heterocycles. The van der Waals surface area contributed by atoms with Crippen LogP contribution >= 0.6 is 0 Å². The zero-order valence-electron chi connectivity index (χ0n) is 11.4. The van der Waals surface area contributed by atoms with Gasteiger partial charge >= 0.3 is 0 Å². The minimum absolute atomic E-state index is 0.614. The molecule has 17 heavy (non-hydrogen) atoms. The molecular formula is C13H24N4. The van der Waals surface area contributed by atoms with E-state index in [0.29, 0.717) is 12.1 Å². The number of piperazine rings is 1. The maximum atomic E-state index is 4.41. The van der Waals surface area contributed by atoms with Gasteiger partial charge in [-0.15, -0.1) is 0 Å². The van der Waals surface area contributed by atoms with Crippen LogP contribution in [0.5, 0.6) is 0 Å². The second kappa shape index (κ2) is 5.19. The minimum Gasteiger partial charge on any atom is -0.337 e. The molecule has 1 aromatic heterocycles. The van der Waals surface area contributed by atoms with E-state index in [1.807, 2.05) is 12.4 Å². The summed E-state index contributed by atoms with van der Waals surface area (Å²) in [6, 6.07) is 1.27. The second-order valence-electron chi connectivity index (χ2n) is 5.36. The quantitative estimate of drug-likeness (QED) is 0.791. The smallest absolute Gasteiger partial charge is 0.122 e. The molecule has 0 spiro atoms.